The van der Waals surface area contributed by atoms with Gasteiger partial charge in [0.1, 0.15) is 0 Å². The molecule has 19 heavy (non-hydrogen) atoms. The van der Waals surface area contributed by atoms with Crippen molar-refractivity contribution in [3.63, 3.8) is 0 Å². The monoisotopic (exact) mass is 273 g/mol. The average molecular weight is 273 g/mol. The van der Waals surface area contributed by atoms with Gasteiger partial charge in [0.05, 0.1) is 5.56 Å². The van der Waals surface area contributed by atoms with Gasteiger partial charge in [0, 0.05) is 19.7 Å². The number of carbonyl (C=O) groups is 1. The van der Waals surface area contributed by atoms with Gasteiger partial charge < -0.3 is 10.0 Å². The van der Waals surface area contributed by atoms with E-state index < -0.39 is 28.9 Å². The number of benzene rings is 1. The van der Waals surface area contributed by atoms with Crippen molar-refractivity contribution in [3.8, 4) is 0 Å². The van der Waals surface area contributed by atoms with Crippen LogP contribution in [0, 0.1) is 23.4 Å². The van der Waals surface area contributed by atoms with Gasteiger partial charge in [-0.05, 0) is 30.9 Å². The Morgan fingerprint density at radius 3 is 2.74 bits per heavy atom. The number of amides is 1. The summed E-state index contributed by atoms with van der Waals surface area (Å²) in [5, 5.41) is 8.82. The maximum absolute atomic E-state index is 13.5. The molecular weight excluding hydrogens is 259 g/mol. The smallest absolute Gasteiger partial charge is 0.256 e. The van der Waals surface area contributed by atoms with Crippen LogP contribution in [0.4, 0.5) is 13.2 Å². The maximum Gasteiger partial charge on any atom is 0.256 e. The predicted molar refractivity (Wildman–Crippen MR) is 62.0 cm³/mol. The molecule has 1 amide bonds. The fourth-order valence-electron chi connectivity index (χ4n) is 2.30. The lowest BCUT2D eigenvalue weighted by Gasteiger charge is -2.17. The first-order valence-corrected chi connectivity index (χ1v) is 6.08. The van der Waals surface area contributed by atoms with E-state index in [1.54, 1.807) is 0 Å². The molecule has 1 saturated heterocycles. The van der Waals surface area contributed by atoms with E-state index in [4.69, 9.17) is 5.11 Å². The lowest BCUT2D eigenvalue weighted by Crippen LogP contribution is -2.29. The van der Waals surface area contributed by atoms with E-state index in [-0.39, 0.29) is 12.5 Å². The molecule has 3 nitrogen and oxygen atoms in total. The Hall–Kier alpha value is -1.56. The normalized spacial score (nSPS) is 18.9. The zero-order chi connectivity index (χ0) is 14.0. The summed E-state index contributed by atoms with van der Waals surface area (Å²) in [5.41, 5.74) is -0.455. The number of carbonyl (C=O) groups excluding carboxylic acids is 1. The molecule has 1 atom stereocenters. The zero-order valence-corrected chi connectivity index (χ0v) is 10.2. The van der Waals surface area contributed by atoms with Crippen LogP contribution in [0.5, 0.6) is 0 Å². The topological polar surface area (TPSA) is 40.5 Å². The number of likely N-dealkylation sites (tertiary alicyclic amines) is 1. The highest BCUT2D eigenvalue weighted by molar-refractivity contribution is 5.94. The van der Waals surface area contributed by atoms with Gasteiger partial charge in [0.2, 0.25) is 0 Å². The predicted octanol–water partition coefficient (Wildman–Crippen LogP) is 1.95. The zero-order valence-electron chi connectivity index (χ0n) is 10.2. The van der Waals surface area contributed by atoms with Crippen LogP contribution < -0.4 is 0 Å². The van der Waals surface area contributed by atoms with E-state index in [2.05, 4.69) is 0 Å². The standard InChI is InChI=1S/C13H14F3NO2/c14-10-2-1-9(11(15)12(10)16)13(19)17-5-3-8(7-17)4-6-18/h1-2,8,18H,3-7H2. The van der Waals surface area contributed by atoms with E-state index in [1.807, 2.05) is 0 Å². The van der Waals surface area contributed by atoms with Gasteiger partial charge in [0.15, 0.2) is 17.5 Å². The molecule has 0 aromatic heterocycles. The summed E-state index contributed by atoms with van der Waals surface area (Å²) in [6.45, 7) is 0.867. The van der Waals surface area contributed by atoms with Crippen molar-refractivity contribution in [3.05, 3.63) is 35.1 Å². The largest absolute Gasteiger partial charge is 0.396 e. The molecule has 1 unspecified atom stereocenters. The van der Waals surface area contributed by atoms with Gasteiger partial charge in [-0.1, -0.05) is 0 Å². The fraction of sp³-hybridized carbons (Fsp3) is 0.462. The van der Waals surface area contributed by atoms with Crippen LogP contribution in [0.2, 0.25) is 0 Å². The Bertz CT molecular complexity index is 493. The van der Waals surface area contributed by atoms with E-state index in [0.717, 1.165) is 18.6 Å². The molecule has 0 saturated carbocycles. The van der Waals surface area contributed by atoms with Gasteiger partial charge in [-0.3, -0.25) is 4.79 Å². The SMILES string of the molecule is O=C(c1ccc(F)c(F)c1F)N1CCC(CCO)C1. The molecule has 1 aliphatic rings. The lowest BCUT2D eigenvalue weighted by atomic mass is 10.1. The summed E-state index contributed by atoms with van der Waals surface area (Å²) in [5.74, 6) is -4.86. The first-order valence-electron chi connectivity index (χ1n) is 6.08. The average Bonchev–Trinajstić information content (AvgIpc) is 2.85. The third kappa shape index (κ3) is 2.73. The van der Waals surface area contributed by atoms with Crippen molar-refractivity contribution in [2.45, 2.75) is 12.8 Å². The molecule has 6 heteroatoms. The Labute approximate surface area is 108 Å². The minimum Gasteiger partial charge on any atom is -0.396 e. The number of aliphatic hydroxyl groups is 1. The Balaban J connectivity index is 2.15. The van der Waals surface area contributed by atoms with Crippen molar-refractivity contribution in [2.75, 3.05) is 19.7 Å². The van der Waals surface area contributed by atoms with Gasteiger partial charge in [-0.2, -0.15) is 0 Å². The third-order valence-corrected chi connectivity index (χ3v) is 3.38. The van der Waals surface area contributed by atoms with E-state index in [9.17, 15) is 18.0 Å². The van der Waals surface area contributed by atoms with Crippen molar-refractivity contribution >= 4 is 5.91 Å². The maximum atomic E-state index is 13.5. The van der Waals surface area contributed by atoms with Crippen LogP contribution in [0.15, 0.2) is 12.1 Å². The number of halogens is 3. The molecule has 1 N–H and O–H groups in total. The lowest BCUT2D eigenvalue weighted by molar-refractivity contribution is 0.0778. The number of rotatable bonds is 3. The number of aliphatic hydroxyl groups excluding tert-OH is 1. The van der Waals surface area contributed by atoms with Crippen LogP contribution >= 0.6 is 0 Å². The summed E-state index contributed by atoms with van der Waals surface area (Å²) in [4.78, 5) is 13.4. The van der Waals surface area contributed by atoms with Gasteiger partial charge in [-0.15, -0.1) is 0 Å². The molecule has 104 valence electrons. The highest BCUT2D eigenvalue weighted by Gasteiger charge is 2.29. The Kier molecular flexibility index (Phi) is 4.09. The van der Waals surface area contributed by atoms with Gasteiger partial charge in [-0.25, -0.2) is 13.2 Å². The van der Waals surface area contributed by atoms with Crippen molar-refractivity contribution < 1.29 is 23.1 Å². The molecule has 1 heterocycles. The molecule has 0 aliphatic carbocycles. The van der Waals surface area contributed by atoms with Crippen LogP contribution in [0.3, 0.4) is 0 Å². The summed E-state index contributed by atoms with van der Waals surface area (Å²) in [6.07, 6.45) is 1.29. The van der Waals surface area contributed by atoms with Crippen molar-refractivity contribution in [1.82, 2.24) is 4.90 Å². The highest BCUT2D eigenvalue weighted by Crippen LogP contribution is 2.23. The molecule has 0 spiro atoms. The van der Waals surface area contributed by atoms with Crippen LogP contribution in [-0.2, 0) is 0 Å². The third-order valence-electron chi connectivity index (χ3n) is 3.38. The van der Waals surface area contributed by atoms with Crippen LogP contribution in [0.25, 0.3) is 0 Å². The first kappa shape index (κ1) is 13.9. The minimum absolute atomic E-state index is 0.0340. The van der Waals surface area contributed by atoms with Crippen molar-refractivity contribution in [1.29, 1.82) is 0 Å². The molecule has 1 aromatic rings. The van der Waals surface area contributed by atoms with Gasteiger partial charge >= 0.3 is 0 Å². The molecule has 0 radical (unpaired) electrons. The molecule has 1 aliphatic heterocycles. The Morgan fingerprint density at radius 2 is 2.05 bits per heavy atom. The first-order chi connectivity index (χ1) is 9.04. The number of nitrogens with zero attached hydrogens (tertiary/aromatic N) is 1. The Morgan fingerprint density at radius 1 is 1.32 bits per heavy atom. The molecule has 0 bridgehead atoms. The summed E-state index contributed by atoms with van der Waals surface area (Å²) in [6, 6.07) is 1.70. The second kappa shape index (κ2) is 5.61. The highest BCUT2D eigenvalue weighted by atomic mass is 19.2. The fourth-order valence-corrected chi connectivity index (χ4v) is 2.30. The second-order valence-corrected chi connectivity index (χ2v) is 4.64. The van der Waals surface area contributed by atoms with Gasteiger partial charge in [0.25, 0.3) is 5.91 Å². The molecule has 2 rings (SSSR count). The quantitative estimate of drug-likeness (QED) is 0.855. The molecular formula is C13H14F3NO2. The number of hydrogen-bond acceptors (Lipinski definition) is 2. The second-order valence-electron chi connectivity index (χ2n) is 4.64. The van der Waals surface area contributed by atoms with Crippen LogP contribution in [-0.4, -0.2) is 35.6 Å². The molecule has 1 aromatic carbocycles. The number of hydrogen-bond donors (Lipinski definition) is 1. The summed E-state index contributed by atoms with van der Waals surface area (Å²) < 4.78 is 39.4. The van der Waals surface area contributed by atoms with Crippen molar-refractivity contribution in [2.24, 2.45) is 5.92 Å². The van der Waals surface area contributed by atoms with E-state index in [0.29, 0.717) is 19.5 Å². The van der Waals surface area contributed by atoms with E-state index in [1.165, 1.54) is 4.90 Å². The van der Waals surface area contributed by atoms with Crippen LogP contribution in [0.1, 0.15) is 23.2 Å². The minimum atomic E-state index is -1.63. The van der Waals surface area contributed by atoms with E-state index >= 15 is 0 Å². The summed E-state index contributed by atoms with van der Waals surface area (Å²) in [7, 11) is 0. The molecule has 1 fully saturated rings. The summed E-state index contributed by atoms with van der Waals surface area (Å²) >= 11 is 0.